The Bertz CT molecular complexity index is 864. The summed E-state index contributed by atoms with van der Waals surface area (Å²) in [6, 6.07) is 5.85. The molecule has 0 heterocycles. The lowest BCUT2D eigenvalue weighted by atomic mass is 9.54. The number of hydrogen-bond donors (Lipinski definition) is 2. The molecule has 3 aliphatic carbocycles. The number of carboxylic acid groups (broad SMARTS) is 1. The lowest BCUT2D eigenvalue weighted by Crippen LogP contribution is -2.49. The number of carbonyl (C=O) groups is 2. The van der Waals surface area contributed by atoms with Gasteiger partial charge in [-0.25, -0.2) is 0 Å². The second-order valence-corrected chi connectivity index (χ2v) is 11.2. The molecule has 2 fully saturated rings. The number of fused-ring (bicyclic) bond motifs is 5. The molecule has 5 atom stereocenters. The van der Waals surface area contributed by atoms with Crippen molar-refractivity contribution in [1.29, 1.82) is 0 Å². The largest absolute Gasteiger partial charge is 0.508 e. The van der Waals surface area contributed by atoms with E-state index in [-0.39, 0.29) is 17.9 Å². The molecular weight excluding hydrogens is 428 g/mol. The number of benzene rings is 1. The Kier molecular flexibility index (Phi) is 8.34. The molecule has 0 bridgehead atoms. The predicted molar refractivity (Wildman–Crippen MR) is 132 cm³/mol. The molecule has 0 aliphatic heterocycles. The molecular formula is C29H42O5. The predicted octanol–water partition coefficient (Wildman–Crippen LogP) is 6.41. The lowest BCUT2D eigenvalue weighted by Gasteiger charge is -2.51. The van der Waals surface area contributed by atoms with E-state index >= 15 is 0 Å². The third-order valence-corrected chi connectivity index (χ3v) is 8.99. The van der Waals surface area contributed by atoms with Crippen LogP contribution in [0.4, 0.5) is 0 Å². The van der Waals surface area contributed by atoms with Crippen LogP contribution in [0.25, 0.3) is 0 Å². The molecule has 0 aromatic heterocycles. The van der Waals surface area contributed by atoms with Crippen LogP contribution in [-0.4, -0.2) is 34.7 Å². The van der Waals surface area contributed by atoms with Crippen LogP contribution in [0.2, 0.25) is 0 Å². The zero-order valence-corrected chi connectivity index (χ0v) is 20.8. The van der Waals surface area contributed by atoms with E-state index in [2.05, 4.69) is 13.0 Å². The zero-order chi connectivity index (χ0) is 24.1. The molecule has 5 heteroatoms. The molecule has 188 valence electrons. The summed E-state index contributed by atoms with van der Waals surface area (Å²) in [5.74, 6) is 1.37. The second-order valence-electron chi connectivity index (χ2n) is 11.2. The summed E-state index contributed by atoms with van der Waals surface area (Å²) >= 11 is 0. The molecule has 4 rings (SSSR count). The summed E-state index contributed by atoms with van der Waals surface area (Å²) in [4.78, 5) is 23.4. The van der Waals surface area contributed by atoms with E-state index in [1.54, 1.807) is 0 Å². The van der Waals surface area contributed by atoms with E-state index in [1.165, 1.54) is 30.4 Å². The first-order valence-corrected chi connectivity index (χ1v) is 13.6. The minimum atomic E-state index is -0.694. The Morgan fingerprint density at radius 3 is 2.47 bits per heavy atom. The Morgan fingerprint density at radius 1 is 1.03 bits per heavy atom. The number of ketones is 1. The number of rotatable bonds is 12. The quantitative estimate of drug-likeness (QED) is 0.345. The number of hydrogen-bond acceptors (Lipinski definition) is 4. The number of phenolic OH excluding ortho intramolecular Hbond substituents is 1. The van der Waals surface area contributed by atoms with E-state index in [0.717, 1.165) is 70.8 Å². The average molecular weight is 471 g/mol. The van der Waals surface area contributed by atoms with Crippen LogP contribution in [0, 0.1) is 17.3 Å². The van der Waals surface area contributed by atoms with Crippen molar-refractivity contribution < 1.29 is 24.5 Å². The van der Waals surface area contributed by atoms with Crippen LogP contribution >= 0.6 is 0 Å². The van der Waals surface area contributed by atoms with E-state index in [9.17, 15) is 14.7 Å². The SMILES string of the molecule is C[C@]12C[C@H](OCCCCCCCCCCC(=O)O)[C@@H]3c4ccc(O)cc4CC[C@H]3[C@@H]1CCC2=O. The van der Waals surface area contributed by atoms with Crippen molar-refractivity contribution in [2.45, 2.75) is 109 Å². The number of carbonyl (C=O) groups excluding carboxylic acids is 1. The van der Waals surface area contributed by atoms with Crippen molar-refractivity contribution in [2.24, 2.45) is 17.3 Å². The summed E-state index contributed by atoms with van der Waals surface area (Å²) in [6.07, 6.45) is 13.7. The van der Waals surface area contributed by atoms with Crippen molar-refractivity contribution in [3.05, 3.63) is 29.3 Å². The van der Waals surface area contributed by atoms with E-state index in [0.29, 0.717) is 29.3 Å². The van der Waals surface area contributed by atoms with Crippen molar-refractivity contribution in [1.82, 2.24) is 0 Å². The highest BCUT2D eigenvalue weighted by Crippen LogP contribution is 2.60. The van der Waals surface area contributed by atoms with E-state index in [4.69, 9.17) is 9.84 Å². The average Bonchev–Trinajstić information content (AvgIpc) is 3.10. The highest BCUT2D eigenvalue weighted by molar-refractivity contribution is 5.87. The molecule has 0 unspecified atom stereocenters. The van der Waals surface area contributed by atoms with Gasteiger partial charge in [-0.3, -0.25) is 9.59 Å². The highest BCUT2D eigenvalue weighted by atomic mass is 16.5. The summed E-state index contributed by atoms with van der Waals surface area (Å²) in [6.45, 7) is 2.94. The van der Waals surface area contributed by atoms with Gasteiger partial charge in [-0.15, -0.1) is 0 Å². The molecule has 0 spiro atoms. The maximum absolute atomic E-state index is 12.9. The van der Waals surface area contributed by atoms with Gasteiger partial charge in [0, 0.05) is 30.8 Å². The number of ether oxygens (including phenoxy) is 1. The molecule has 2 N–H and O–H groups in total. The highest BCUT2D eigenvalue weighted by Gasteiger charge is 2.58. The number of aryl methyl sites for hydroxylation is 1. The van der Waals surface area contributed by atoms with Gasteiger partial charge in [0.25, 0.3) is 0 Å². The first-order valence-electron chi connectivity index (χ1n) is 13.6. The molecule has 1 aromatic rings. The maximum atomic E-state index is 12.9. The minimum Gasteiger partial charge on any atom is -0.508 e. The van der Waals surface area contributed by atoms with Crippen LogP contribution in [0.1, 0.15) is 107 Å². The van der Waals surface area contributed by atoms with Crippen LogP contribution in [0.3, 0.4) is 0 Å². The molecule has 0 radical (unpaired) electrons. The normalized spacial score (nSPS) is 30.0. The van der Waals surface area contributed by atoms with Crippen LogP contribution < -0.4 is 0 Å². The Balaban J connectivity index is 1.28. The number of aliphatic carboxylic acids is 1. The van der Waals surface area contributed by atoms with Crippen molar-refractivity contribution in [3.63, 3.8) is 0 Å². The first-order chi connectivity index (χ1) is 16.4. The molecule has 34 heavy (non-hydrogen) atoms. The fourth-order valence-corrected chi connectivity index (χ4v) is 7.22. The molecule has 3 aliphatic rings. The third kappa shape index (κ3) is 5.50. The number of phenols is 1. The fourth-order valence-electron chi connectivity index (χ4n) is 7.22. The van der Waals surface area contributed by atoms with Crippen molar-refractivity contribution in [3.8, 4) is 5.75 Å². The third-order valence-electron chi connectivity index (χ3n) is 8.99. The van der Waals surface area contributed by atoms with Crippen LogP contribution in [0.15, 0.2) is 18.2 Å². The van der Waals surface area contributed by atoms with Crippen molar-refractivity contribution >= 4 is 11.8 Å². The molecule has 0 saturated heterocycles. The minimum absolute atomic E-state index is 0.0751. The summed E-state index contributed by atoms with van der Waals surface area (Å²) in [5.41, 5.74) is 2.36. The van der Waals surface area contributed by atoms with Gasteiger partial charge in [0.05, 0.1) is 6.10 Å². The van der Waals surface area contributed by atoms with Gasteiger partial charge in [0.15, 0.2) is 0 Å². The summed E-state index contributed by atoms with van der Waals surface area (Å²) in [5, 5.41) is 18.7. The number of carboxylic acids is 1. The second kappa shape index (κ2) is 11.2. The summed E-state index contributed by atoms with van der Waals surface area (Å²) < 4.78 is 6.57. The van der Waals surface area contributed by atoms with Gasteiger partial charge >= 0.3 is 5.97 Å². The van der Waals surface area contributed by atoms with Gasteiger partial charge < -0.3 is 14.9 Å². The first kappa shape index (κ1) is 25.2. The maximum Gasteiger partial charge on any atom is 0.303 e. The smallest absolute Gasteiger partial charge is 0.303 e. The Morgan fingerprint density at radius 2 is 1.74 bits per heavy atom. The van der Waals surface area contributed by atoms with Crippen molar-refractivity contribution in [2.75, 3.05) is 6.61 Å². The molecule has 0 amide bonds. The number of Topliss-reactive ketones (excluding diaryl/α,β-unsaturated/α-hetero) is 1. The zero-order valence-electron chi connectivity index (χ0n) is 20.8. The standard InChI is InChI=1S/C29H42O5/c1-29-19-25(34-17-9-7-5-3-2-4-6-8-10-27(32)33)28-22-14-12-21(30)18-20(22)11-13-23(28)24(29)15-16-26(29)31/h12,14,18,23-25,28,30H,2-11,13,15-17,19H2,1H3,(H,32,33)/t23-,24-,25-,28+,29-/m0/s1. The van der Waals surface area contributed by atoms with Gasteiger partial charge in [0.1, 0.15) is 11.5 Å². The lowest BCUT2D eigenvalue weighted by molar-refractivity contribution is -0.137. The number of aromatic hydroxyl groups is 1. The van der Waals surface area contributed by atoms with E-state index < -0.39 is 5.97 Å². The van der Waals surface area contributed by atoms with Crippen LogP contribution in [0.5, 0.6) is 5.75 Å². The van der Waals surface area contributed by atoms with Gasteiger partial charge in [-0.2, -0.15) is 0 Å². The monoisotopic (exact) mass is 470 g/mol. The fraction of sp³-hybridized carbons (Fsp3) is 0.724. The molecule has 5 nitrogen and oxygen atoms in total. The number of unbranched alkanes of at least 4 members (excludes halogenated alkanes) is 7. The topological polar surface area (TPSA) is 83.8 Å². The van der Waals surface area contributed by atoms with Crippen LogP contribution in [-0.2, 0) is 20.7 Å². The van der Waals surface area contributed by atoms with Gasteiger partial charge in [-0.05, 0) is 73.6 Å². The van der Waals surface area contributed by atoms with E-state index in [1.807, 2.05) is 12.1 Å². The molecule has 1 aromatic carbocycles. The molecule has 2 saturated carbocycles. The van der Waals surface area contributed by atoms with Gasteiger partial charge in [-0.1, -0.05) is 51.5 Å². The van der Waals surface area contributed by atoms with Gasteiger partial charge in [0.2, 0.25) is 0 Å². The summed E-state index contributed by atoms with van der Waals surface area (Å²) in [7, 11) is 0. The Labute approximate surface area is 204 Å². The Hall–Kier alpha value is -1.88.